The lowest BCUT2D eigenvalue weighted by Crippen LogP contribution is -1.96. The Bertz CT molecular complexity index is 250. The van der Waals surface area contributed by atoms with Gasteiger partial charge >= 0.3 is 0 Å². The van der Waals surface area contributed by atoms with E-state index in [4.69, 9.17) is 5.11 Å². The van der Waals surface area contributed by atoms with E-state index in [0.29, 0.717) is 12.2 Å². The smallest absolute Gasteiger partial charge is 0.138 e. The molecule has 11 heavy (non-hydrogen) atoms. The van der Waals surface area contributed by atoms with Gasteiger partial charge in [0.15, 0.2) is 0 Å². The standard InChI is InChI=1S/C8H10FNO/c1-2-10-7-5-6(9)3-4-8(7)11/h3-5,10-11H,2H2,1H3. The van der Waals surface area contributed by atoms with E-state index >= 15 is 0 Å². The van der Waals surface area contributed by atoms with Gasteiger partial charge in [-0.05, 0) is 19.1 Å². The van der Waals surface area contributed by atoms with Crippen LogP contribution in [0, 0.1) is 5.82 Å². The van der Waals surface area contributed by atoms with E-state index in [-0.39, 0.29) is 11.6 Å². The molecule has 2 N–H and O–H groups in total. The maximum atomic E-state index is 12.5. The van der Waals surface area contributed by atoms with Crippen molar-refractivity contribution in [1.82, 2.24) is 0 Å². The lowest BCUT2D eigenvalue weighted by atomic mass is 10.3. The summed E-state index contributed by atoms with van der Waals surface area (Å²) in [5.74, 6) is -0.271. The normalized spacial score (nSPS) is 9.64. The second kappa shape index (κ2) is 3.23. The van der Waals surface area contributed by atoms with E-state index in [9.17, 15) is 4.39 Å². The first-order chi connectivity index (χ1) is 5.24. The first kappa shape index (κ1) is 7.85. The van der Waals surface area contributed by atoms with Gasteiger partial charge in [-0.3, -0.25) is 0 Å². The molecule has 0 aliphatic carbocycles. The van der Waals surface area contributed by atoms with Gasteiger partial charge in [0.1, 0.15) is 11.6 Å². The summed E-state index contributed by atoms with van der Waals surface area (Å²) in [6.07, 6.45) is 0. The molecule has 1 rings (SSSR count). The molecule has 0 atom stereocenters. The van der Waals surface area contributed by atoms with Crippen LogP contribution in [0.15, 0.2) is 18.2 Å². The zero-order valence-corrected chi connectivity index (χ0v) is 6.26. The minimum absolute atomic E-state index is 0.0771. The molecule has 0 heterocycles. The van der Waals surface area contributed by atoms with Gasteiger partial charge < -0.3 is 10.4 Å². The number of hydrogen-bond acceptors (Lipinski definition) is 2. The van der Waals surface area contributed by atoms with Crippen LogP contribution in [-0.4, -0.2) is 11.7 Å². The Balaban J connectivity index is 2.93. The fraction of sp³-hybridized carbons (Fsp3) is 0.250. The van der Waals surface area contributed by atoms with Gasteiger partial charge in [-0.1, -0.05) is 0 Å². The molecule has 2 nitrogen and oxygen atoms in total. The molecule has 0 unspecified atom stereocenters. The molecule has 1 aromatic rings. The molecule has 0 spiro atoms. The Kier molecular flexibility index (Phi) is 2.31. The summed E-state index contributed by atoms with van der Waals surface area (Å²) in [6.45, 7) is 2.54. The first-order valence-corrected chi connectivity index (χ1v) is 3.46. The van der Waals surface area contributed by atoms with E-state index in [2.05, 4.69) is 5.32 Å². The van der Waals surface area contributed by atoms with Gasteiger partial charge in [-0.25, -0.2) is 4.39 Å². The number of aromatic hydroxyl groups is 1. The summed E-state index contributed by atoms with van der Waals surface area (Å²) in [7, 11) is 0. The molecule has 0 amide bonds. The van der Waals surface area contributed by atoms with Crippen molar-refractivity contribution in [1.29, 1.82) is 0 Å². The van der Waals surface area contributed by atoms with Gasteiger partial charge in [0, 0.05) is 12.6 Å². The molecule has 0 saturated heterocycles. The largest absolute Gasteiger partial charge is 0.506 e. The number of anilines is 1. The minimum Gasteiger partial charge on any atom is -0.506 e. The fourth-order valence-electron chi connectivity index (χ4n) is 0.840. The Morgan fingerprint density at radius 1 is 1.55 bits per heavy atom. The SMILES string of the molecule is CCNc1cc(F)ccc1O. The van der Waals surface area contributed by atoms with Crippen molar-refractivity contribution in [2.24, 2.45) is 0 Å². The summed E-state index contributed by atoms with van der Waals surface area (Å²) in [4.78, 5) is 0. The highest BCUT2D eigenvalue weighted by Crippen LogP contribution is 2.22. The second-order valence-electron chi connectivity index (χ2n) is 2.19. The zero-order chi connectivity index (χ0) is 8.27. The number of rotatable bonds is 2. The summed E-state index contributed by atoms with van der Waals surface area (Å²) in [5.41, 5.74) is 0.438. The highest BCUT2D eigenvalue weighted by molar-refractivity contribution is 5.55. The Labute approximate surface area is 64.7 Å². The van der Waals surface area contributed by atoms with E-state index in [1.54, 1.807) is 0 Å². The number of phenolic OH excluding ortho intramolecular Hbond substituents is 1. The van der Waals surface area contributed by atoms with E-state index in [0.717, 1.165) is 0 Å². The predicted molar refractivity (Wildman–Crippen MR) is 42.2 cm³/mol. The third kappa shape index (κ3) is 1.83. The lowest BCUT2D eigenvalue weighted by molar-refractivity contribution is 0.475. The van der Waals surface area contributed by atoms with Crippen molar-refractivity contribution in [3.8, 4) is 5.75 Å². The van der Waals surface area contributed by atoms with Crippen LogP contribution in [0.1, 0.15) is 6.92 Å². The average molecular weight is 155 g/mol. The van der Waals surface area contributed by atoms with Crippen molar-refractivity contribution in [3.63, 3.8) is 0 Å². The molecule has 1 aromatic carbocycles. The van der Waals surface area contributed by atoms with Crippen LogP contribution < -0.4 is 5.32 Å². The second-order valence-corrected chi connectivity index (χ2v) is 2.19. The van der Waals surface area contributed by atoms with Gasteiger partial charge in [0.05, 0.1) is 5.69 Å². The highest BCUT2D eigenvalue weighted by Gasteiger charge is 1.99. The molecular weight excluding hydrogens is 145 g/mol. The third-order valence-electron chi connectivity index (χ3n) is 1.33. The average Bonchev–Trinajstić information content (AvgIpc) is 1.98. The maximum absolute atomic E-state index is 12.5. The van der Waals surface area contributed by atoms with Crippen molar-refractivity contribution in [2.75, 3.05) is 11.9 Å². The Morgan fingerprint density at radius 3 is 2.91 bits per heavy atom. The molecule has 0 bridgehead atoms. The molecule has 0 fully saturated rings. The zero-order valence-electron chi connectivity index (χ0n) is 6.26. The van der Waals surface area contributed by atoms with Crippen molar-refractivity contribution >= 4 is 5.69 Å². The minimum atomic E-state index is -0.348. The van der Waals surface area contributed by atoms with Crippen LogP contribution in [0.2, 0.25) is 0 Å². The quantitative estimate of drug-likeness (QED) is 0.640. The number of nitrogens with one attached hydrogen (secondary N) is 1. The molecule has 3 heteroatoms. The summed E-state index contributed by atoms with van der Waals surface area (Å²) in [6, 6.07) is 3.81. The molecular formula is C8H10FNO. The predicted octanol–water partition coefficient (Wildman–Crippen LogP) is 1.96. The van der Waals surface area contributed by atoms with Gasteiger partial charge in [-0.2, -0.15) is 0 Å². The first-order valence-electron chi connectivity index (χ1n) is 3.46. The number of hydrogen-bond donors (Lipinski definition) is 2. The van der Waals surface area contributed by atoms with Crippen molar-refractivity contribution in [3.05, 3.63) is 24.0 Å². The van der Waals surface area contributed by atoms with Gasteiger partial charge in [0.2, 0.25) is 0 Å². The number of benzene rings is 1. The summed E-state index contributed by atoms with van der Waals surface area (Å²) < 4.78 is 12.5. The number of halogens is 1. The van der Waals surface area contributed by atoms with Crippen LogP contribution in [0.3, 0.4) is 0 Å². The molecule has 0 saturated carbocycles. The van der Waals surface area contributed by atoms with Gasteiger partial charge in [-0.15, -0.1) is 0 Å². The van der Waals surface area contributed by atoms with Crippen LogP contribution in [0.4, 0.5) is 10.1 Å². The fourth-order valence-corrected chi connectivity index (χ4v) is 0.840. The van der Waals surface area contributed by atoms with E-state index < -0.39 is 0 Å². The Hall–Kier alpha value is -1.25. The molecule has 0 aromatic heterocycles. The van der Waals surface area contributed by atoms with Crippen LogP contribution >= 0.6 is 0 Å². The van der Waals surface area contributed by atoms with Gasteiger partial charge in [0.25, 0.3) is 0 Å². The van der Waals surface area contributed by atoms with E-state index in [1.807, 2.05) is 6.92 Å². The van der Waals surface area contributed by atoms with E-state index in [1.165, 1.54) is 18.2 Å². The molecule has 0 aliphatic heterocycles. The summed E-state index contributed by atoms with van der Waals surface area (Å²) >= 11 is 0. The molecule has 0 radical (unpaired) electrons. The van der Waals surface area contributed by atoms with Crippen molar-refractivity contribution < 1.29 is 9.50 Å². The lowest BCUT2D eigenvalue weighted by Gasteiger charge is -2.04. The highest BCUT2D eigenvalue weighted by atomic mass is 19.1. The topological polar surface area (TPSA) is 32.3 Å². The monoisotopic (exact) mass is 155 g/mol. The third-order valence-corrected chi connectivity index (χ3v) is 1.33. The maximum Gasteiger partial charge on any atom is 0.138 e. The summed E-state index contributed by atoms with van der Waals surface area (Å²) in [5, 5.41) is 12.0. The Morgan fingerprint density at radius 2 is 2.27 bits per heavy atom. The van der Waals surface area contributed by atoms with Crippen LogP contribution in [0.5, 0.6) is 5.75 Å². The number of phenols is 1. The van der Waals surface area contributed by atoms with Crippen molar-refractivity contribution in [2.45, 2.75) is 6.92 Å². The molecule has 60 valence electrons. The van der Waals surface area contributed by atoms with Crippen LogP contribution in [-0.2, 0) is 0 Å². The van der Waals surface area contributed by atoms with Crippen LogP contribution in [0.25, 0.3) is 0 Å². The molecule has 0 aliphatic rings.